The summed E-state index contributed by atoms with van der Waals surface area (Å²) in [5.74, 6) is -1.06. The molecular formula is C18H19NO3S. The van der Waals surface area contributed by atoms with Crippen LogP contribution in [0.4, 0.5) is 5.69 Å². The summed E-state index contributed by atoms with van der Waals surface area (Å²) in [6, 6.07) is 12.3. The Bertz CT molecular complexity index is 839. The number of benzene rings is 2. The van der Waals surface area contributed by atoms with Gasteiger partial charge in [0.05, 0.1) is 4.90 Å². The second-order valence-electron chi connectivity index (χ2n) is 5.96. The molecule has 0 fully saturated rings. The molecule has 120 valence electrons. The molecule has 0 saturated heterocycles. The van der Waals surface area contributed by atoms with Crippen molar-refractivity contribution in [2.45, 2.75) is 31.1 Å². The van der Waals surface area contributed by atoms with Gasteiger partial charge in [0.2, 0.25) is 5.91 Å². The Morgan fingerprint density at radius 1 is 1.04 bits per heavy atom. The second kappa shape index (κ2) is 6.16. The SMILES string of the molecule is Cc1ccc(S(=O)(=O)CC(=O)Nc2ccc3c(c2)CCC3)cc1. The van der Waals surface area contributed by atoms with Crippen molar-refractivity contribution in [2.24, 2.45) is 0 Å². The van der Waals surface area contributed by atoms with Crippen LogP contribution in [0.1, 0.15) is 23.1 Å². The summed E-state index contributed by atoms with van der Waals surface area (Å²) in [5, 5.41) is 2.69. The van der Waals surface area contributed by atoms with Gasteiger partial charge in [0.15, 0.2) is 9.84 Å². The molecule has 5 heteroatoms. The quantitative estimate of drug-likeness (QED) is 0.938. The van der Waals surface area contributed by atoms with E-state index in [1.165, 1.54) is 23.3 Å². The van der Waals surface area contributed by atoms with E-state index in [-0.39, 0.29) is 4.90 Å². The van der Waals surface area contributed by atoms with Gasteiger partial charge in [-0.25, -0.2) is 8.42 Å². The normalized spacial score (nSPS) is 13.6. The van der Waals surface area contributed by atoms with Gasteiger partial charge in [-0.15, -0.1) is 0 Å². The van der Waals surface area contributed by atoms with Gasteiger partial charge in [-0.2, -0.15) is 0 Å². The lowest BCUT2D eigenvalue weighted by Gasteiger charge is -2.08. The van der Waals surface area contributed by atoms with Crippen molar-refractivity contribution in [2.75, 3.05) is 11.1 Å². The van der Waals surface area contributed by atoms with Gasteiger partial charge in [0.1, 0.15) is 5.75 Å². The van der Waals surface area contributed by atoms with Gasteiger partial charge in [0.25, 0.3) is 0 Å². The van der Waals surface area contributed by atoms with E-state index in [9.17, 15) is 13.2 Å². The van der Waals surface area contributed by atoms with Gasteiger partial charge >= 0.3 is 0 Å². The molecule has 1 aliphatic rings. The Labute approximate surface area is 136 Å². The first-order chi connectivity index (χ1) is 10.9. The van der Waals surface area contributed by atoms with Crippen LogP contribution in [-0.2, 0) is 27.5 Å². The van der Waals surface area contributed by atoms with E-state index in [1.807, 2.05) is 25.1 Å². The number of sulfone groups is 1. The standard InChI is InChI=1S/C18H19NO3S/c1-13-5-9-17(10-6-13)23(21,22)12-18(20)19-16-8-7-14-3-2-4-15(14)11-16/h5-11H,2-4,12H2,1H3,(H,19,20). The van der Waals surface area contributed by atoms with Crippen molar-refractivity contribution in [3.05, 3.63) is 59.2 Å². The molecule has 0 bridgehead atoms. The molecule has 0 saturated carbocycles. The smallest absolute Gasteiger partial charge is 0.239 e. The molecule has 0 atom stereocenters. The van der Waals surface area contributed by atoms with Gasteiger partial charge in [-0.1, -0.05) is 23.8 Å². The summed E-state index contributed by atoms with van der Waals surface area (Å²) < 4.78 is 24.5. The predicted octanol–water partition coefficient (Wildman–Crippen LogP) is 2.90. The zero-order chi connectivity index (χ0) is 16.4. The monoisotopic (exact) mass is 329 g/mol. The van der Waals surface area contributed by atoms with Crippen LogP contribution in [0.15, 0.2) is 47.4 Å². The fourth-order valence-corrected chi connectivity index (χ4v) is 3.98. The number of anilines is 1. The maximum Gasteiger partial charge on any atom is 0.239 e. The molecule has 4 nitrogen and oxygen atoms in total. The third-order valence-corrected chi connectivity index (χ3v) is 5.72. The molecular weight excluding hydrogens is 310 g/mol. The van der Waals surface area contributed by atoms with Crippen molar-refractivity contribution >= 4 is 21.4 Å². The van der Waals surface area contributed by atoms with Crippen LogP contribution in [0.2, 0.25) is 0 Å². The molecule has 0 heterocycles. The number of carbonyl (C=O) groups is 1. The fourth-order valence-electron chi connectivity index (χ4n) is 2.85. The molecule has 0 unspecified atom stereocenters. The molecule has 0 radical (unpaired) electrons. The Morgan fingerprint density at radius 2 is 1.74 bits per heavy atom. The lowest BCUT2D eigenvalue weighted by molar-refractivity contribution is -0.113. The van der Waals surface area contributed by atoms with E-state index in [1.54, 1.807) is 12.1 Å². The number of nitrogens with one attached hydrogen (secondary N) is 1. The largest absolute Gasteiger partial charge is 0.325 e. The average molecular weight is 329 g/mol. The van der Waals surface area contributed by atoms with Crippen LogP contribution in [-0.4, -0.2) is 20.1 Å². The first kappa shape index (κ1) is 15.7. The fraction of sp³-hybridized carbons (Fsp3) is 0.278. The van der Waals surface area contributed by atoms with E-state index in [0.717, 1.165) is 24.8 Å². The van der Waals surface area contributed by atoms with Gasteiger partial charge < -0.3 is 5.32 Å². The molecule has 0 aliphatic heterocycles. The number of amides is 1. The molecule has 1 amide bonds. The van der Waals surface area contributed by atoms with Crippen LogP contribution >= 0.6 is 0 Å². The molecule has 1 N–H and O–H groups in total. The van der Waals surface area contributed by atoms with Crippen molar-refractivity contribution in [3.8, 4) is 0 Å². The highest BCUT2D eigenvalue weighted by molar-refractivity contribution is 7.92. The Morgan fingerprint density at radius 3 is 2.48 bits per heavy atom. The lowest BCUT2D eigenvalue weighted by atomic mass is 10.1. The van der Waals surface area contributed by atoms with Crippen LogP contribution < -0.4 is 5.32 Å². The summed E-state index contributed by atoms with van der Waals surface area (Å²) in [6.07, 6.45) is 3.22. The maximum atomic E-state index is 12.3. The number of hydrogen-bond donors (Lipinski definition) is 1. The third kappa shape index (κ3) is 3.62. The van der Waals surface area contributed by atoms with Gasteiger partial charge in [-0.3, -0.25) is 4.79 Å². The summed E-state index contributed by atoms with van der Waals surface area (Å²) in [6.45, 7) is 1.89. The first-order valence-electron chi connectivity index (χ1n) is 7.65. The minimum Gasteiger partial charge on any atom is -0.325 e. The molecule has 1 aliphatic carbocycles. The number of carbonyl (C=O) groups excluding carboxylic acids is 1. The van der Waals surface area contributed by atoms with Gasteiger partial charge in [0, 0.05) is 5.69 Å². The highest BCUT2D eigenvalue weighted by Gasteiger charge is 2.20. The highest BCUT2D eigenvalue weighted by Crippen LogP contribution is 2.25. The first-order valence-corrected chi connectivity index (χ1v) is 9.30. The van der Waals surface area contributed by atoms with Crippen molar-refractivity contribution in [3.63, 3.8) is 0 Å². The maximum absolute atomic E-state index is 12.3. The van der Waals surface area contributed by atoms with Crippen LogP contribution in [0, 0.1) is 6.92 Å². The minimum atomic E-state index is -3.62. The lowest BCUT2D eigenvalue weighted by Crippen LogP contribution is -2.23. The number of aryl methyl sites for hydroxylation is 3. The molecule has 2 aromatic carbocycles. The summed E-state index contributed by atoms with van der Waals surface area (Å²) >= 11 is 0. The second-order valence-corrected chi connectivity index (χ2v) is 7.95. The van der Waals surface area contributed by atoms with Crippen LogP contribution in [0.3, 0.4) is 0 Å². The highest BCUT2D eigenvalue weighted by atomic mass is 32.2. The van der Waals surface area contributed by atoms with E-state index < -0.39 is 21.5 Å². The van der Waals surface area contributed by atoms with Crippen LogP contribution in [0.25, 0.3) is 0 Å². The average Bonchev–Trinajstić information content (AvgIpc) is 2.94. The van der Waals surface area contributed by atoms with Crippen molar-refractivity contribution in [1.29, 1.82) is 0 Å². The minimum absolute atomic E-state index is 0.173. The molecule has 0 spiro atoms. The Hall–Kier alpha value is -2.14. The summed E-state index contributed by atoms with van der Waals surface area (Å²) in [5.41, 5.74) is 4.20. The summed E-state index contributed by atoms with van der Waals surface area (Å²) in [4.78, 5) is 12.3. The number of rotatable bonds is 4. The predicted molar refractivity (Wildman–Crippen MR) is 90.3 cm³/mol. The van der Waals surface area contributed by atoms with E-state index in [2.05, 4.69) is 5.32 Å². The van der Waals surface area contributed by atoms with E-state index >= 15 is 0 Å². The Balaban J connectivity index is 1.70. The molecule has 23 heavy (non-hydrogen) atoms. The Kier molecular flexibility index (Phi) is 4.22. The zero-order valence-electron chi connectivity index (χ0n) is 13.0. The van der Waals surface area contributed by atoms with Gasteiger partial charge in [-0.05, 0) is 61.6 Å². The number of fused-ring (bicyclic) bond motifs is 1. The third-order valence-electron chi connectivity index (χ3n) is 4.08. The zero-order valence-corrected chi connectivity index (χ0v) is 13.8. The molecule has 2 aromatic rings. The summed E-state index contributed by atoms with van der Waals surface area (Å²) in [7, 11) is -3.62. The van der Waals surface area contributed by atoms with Crippen molar-refractivity contribution < 1.29 is 13.2 Å². The van der Waals surface area contributed by atoms with Crippen LogP contribution in [0.5, 0.6) is 0 Å². The van der Waals surface area contributed by atoms with E-state index in [0.29, 0.717) is 5.69 Å². The van der Waals surface area contributed by atoms with E-state index in [4.69, 9.17) is 0 Å². The topological polar surface area (TPSA) is 63.2 Å². The van der Waals surface area contributed by atoms with Crippen molar-refractivity contribution in [1.82, 2.24) is 0 Å². The molecule has 0 aromatic heterocycles. The number of hydrogen-bond acceptors (Lipinski definition) is 3. The molecule has 3 rings (SSSR count).